The van der Waals surface area contributed by atoms with Gasteiger partial charge in [-0.15, -0.1) is 0 Å². The van der Waals surface area contributed by atoms with Gasteiger partial charge >= 0.3 is 134 Å². The molecule has 0 N–H and O–H groups in total. The SMILES string of the molecule is CCOC(=O)n1nc(OCC)n(-c2ccc(Cl)cc2)c1=[Se]. The van der Waals surface area contributed by atoms with Crippen LogP contribution in [0.5, 0.6) is 6.01 Å². The molecule has 0 bridgehead atoms. The maximum atomic E-state index is 11.9. The van der Waals surface area contributed by atoms with Gasteiger partial charge in [-0.1, -0.05) is 0 Å². The summed E-state index contributed by atoms with van der Waals surface area (Å²) < 4.78 is 13.7. The predicted octanol–water partition coefficient (Wildman–Crippen LogP) is 2.43. The zero-order valence-corrected chi connectivity index (χ0v) is 14.0. The van der Waals surface area contributed by atoms with Crippen molar-refractivity contribution in [3.8, 4) is 11.7 Å². The number of hydrogen-bond donors (Lipinski definition) is 0. The Labute approximate surface area is 134 Å². The van der Waals surface area contributed by atoms with Gasteiger partial charge in [-0.3, -0.25) is 0 Å². The van der Waals surface area contributed by atoms with Crippen molar-refractivity contribution in [2.24, 2.45) is 0 Å². The second-order valence-electron chi connectivity index (χ2n) is 3.92. The van der Waals surface area contributed by atoms with Gasteiger partial charge in [0.15, 0.2) is 0 Å². The van der Waals surface area contributed by atoms with Gasteiger partial charge in [0.05, 0.1) is 0 Å². The van der Waals surface area contributed by atoms with E-state index < -0.39 is 6.09 Å². The first-order chi connectivity index (χ1) is 10.1. The molecule has 0 unspecified atom stereocenters. The van der Waals surface area contributed by atoms with Crippen LogP contribution in [0, 0.1) is 4.32 Å². The molecule has 0 saturated heterocycles. The molecule has 1 heterocycles. The van der Waals surface area contributed by atoms with Crippen molar-refractivity contribution in [1.82, 2.24) is 14.3 Å². The monoisotopic (exact) mass is 375 g/mol. The van der Waals surface area contributed by atoms with Crippen LogP contribution in [0.1, 0.15) is 13.8 Å². The first-order valence-corrected chi connectivity index (χ1v) is 7.59. The molecular formula is C13H14ClN3O3Se. The topological polar surface area (TPSA) is 58.3 Å². The number of carbonyl (C=O) groups excluding carboxylic acids is 1. The van der Waals surface area contributed by atoms with E-state index in [1.165, 1.54) is 0 Å². The standard InChI is InChI=1S/C13H14ClN3O3Se/c1-3-19-11-15-17(13(18)20-4-2)12(21)16(11)10-7-5-9(14)6-8-10/h5-8H,3-4H2,1-2H3. The zero-order valence-electron chi connectivity index (χ0n) is 11.6. The summed E-state index contributed by atoms with van der Waals surface area (Å²) in [5.74, 6) is 0. The third-order valence-electron chi connectivity index (χ3n) is 2.55. The normalized spacial score (nSPS) is 10.4. The number of rotatable bonds is 4. The van der Waals surface area contributed by atoms with Crippen molar-refractivity contribution in [2.45, 2.75) is 13.8 Å². The van der Waals surface area contributed by atoms with E-state index in [1.54, 1.807) is 23.6 Å². The Bertz CT molecular complexity index is 694. The van der Waals surface area contributed by atoms with E-state index in [-0.39, 0.29) is 6.61 Å². The summed E-state index contributed by atoms with van der Waals surface area (Å²) in [4.78, 5) is 11.9. The van der Waals surface area contributed by atoms with Crippen LogP contribution in [0.3, 0.4) is 0 Å². The molecule has 0 saturated carbocycles. The Hall–Kier alpha value is -1.56. The van der Waals surface area contributed by atoms with Crippen LogP contribution in [0.15, 0.2) is 24.3 Å². The van der Waals surface area contributed by atoms with Crippen molar-refractivity contribution in [3.63, 3.8) is 0 Å². The fourth-order valence-electron chi connectivity index (χ4n) is 1.69. The van der Waals surface area contributed by atoms with Crippen LogP contribution in [0.4, 0.5) is 4.79 Å². The van der Waals surface area contributed by atoms with Crippen LogP contribution in [-0.2, 0) is 4.74 Å². The Morgan fingerprint density at radius 3 is 2.52 bits per heavy atom. The minimum atomic E-state index is -0.570. The molecule has 0 radical (unpaired) electrons. The minimum absolute atomic E-state index is 0.267. The van der Waals surface area contributed by atoms with E-state index >= 15 is 0 Å². The second-order valence-corrected chi connectivity index (χ2v) is 5.12. The van der Waals surface area contributed by atoms with Crippen molar-refractivity contribution in [2.75, 3.05) is 13.2 Å². The Morgan fingerprint density at radius 1 is 1.29 bits per heavy atom. The molecule has 1 aromatic heterocycles. The summed E-state index contributed by atoms with van der Waals surface area (Å²) in [6.45, 7) is 4.27. The average molecular weight is 375 g/mol. The molecule has 2 aromatic rings. The van der Waals surface area contributed by atoms with Crippen LogP contribution >= 0.6 is 11.6 Å². The van der Waals surface area contributed by atoms with Crippen molar-refractivity contribution in [3.05, 3.63) is 33.6 Å². The Morgan fingerprint density at radius 2 is 1.95 bits per heavy atom. The number of ether oxygens (including phenoxy) is 2. The molecule has 0 amide bonds. The van der Waals surface area contributed by atoms with Gasteiger partial charge < -0.3 is 0 Å². The molecule has 6 nitrogen and oxygen atoms in total. The van der Waals surface area contributed by atoms with Gasteiger partial charge in [-0.25, -0.2) is 0 Å². The third kappa shape index (κ3) is 3.37. The molecule has 0 aliphatic rings. The zero-order chi connectivity index (χ0) is 15.4. The van der Waals surface area contributed by atoms with E-state index in [2.05, 4.69) is 20.7 Å². The van der Waals surface area contributed by atoms with Crippen molar-refractivity contribution < 1.29 is 14.3 Å². The predicted molar refractivity (Wildman–Crippen MR) is 79.2 cm³/mol. The Kier molecular flexibility index (Phi) is 5.22. The fraction of sp³-hybridized carbons (Fsp3) is 0.308. The first-order valence-electron chi connectivity index (χ1n) is 6.36. The summed E-state index contributed by atoms with van der Waals surface area (Å²) in [6.07, 6.45) is -0.570. The summed E-state index contributed by atoms with van der Waals surface area (Å²) in [5, 5.41) is 4.76. The van der Waals surface area contributed by atoms with Crippen LogP contribution in [-0.4, -0.2) is 49.2 Å². The summed E-state index contributed by atoms with van der Waals surface area (Å²) >= 11 is 8.71. The molecule has 1 aromatic carbocycles. The van der Waals surface area contributed by atoms with Crippen molar-refractivity contribution in [1.29, 1.82) is 0 Å². The molecule has 0 fully saturated rings. The summed E-state index contributed by atoms with van der Waals surface area (Å²) in [7, 11) is 0. The van der Waals surface area contributed by atoms with E-state index in [0.717, 1.165) is 10.4 Å². The maximum absolute atomic E-state index is 11.9. The molecule has 21 heavy (non-hydrogen) atoms. The van der Waals surface area contributed by atoms with Crippen LogP contribution in [0.25, 0.3) is 5.69 Å². The molecule has 0 spiro atoms. The van der Waals surface area contributed by atoms with Gasteiger partial charge in [0.1, 0.15) is 0 Å². The number of halogens is 1. The Balaban J connectivity index is 2.55. The molecule has 112 valence electrons. The number of hydrogen-bond acceptors (Lipinski definition) is 4. The van der Waals surface area contributed by atoms with E-state index in [1.807, 2.05) is 19.1 Å². The quantitative estimate of drug-likeness (QED) is 0.771. The van der Waals surface area contributed by atoms with E-state index in [4.69, 9.17) is 21.1 Å². The van der Waals surface area contributed by atoms with Crippen LogP contribution in [0.2, 0.25) is 5.02 Å². The third-order valence-corrected chi connectivity index (χ3v) is 3.55. The molecule has 2 rings (SSSR count). The molecule has 0 atom stereocenters. The average Bonchev–Trinajstić information content (AvgIpc) is 2.78. The molecule has 0 aliphatic heterocycles. The second kappa shape index (κ2) is 6.93. The fourth-order valence-corrected chi connectivity index (χ4v) is 2.44. The summed E-state index contributed by atoms with van der Waals surface area (Å²) in [5.41, 5.74) is 0.771. The number of benzene rings is 1. The van der Waals surface area contributed by atoms with E-state index in [0.29, 0.717) is 22.0 Å². The van der Waals surface area contributed by atoms with Gasteiger partial charge in [0, 0.05) is 0 Å². The van der Waals surface area contributed by atoms with Gasteiger partial charge in [0.25, 0.3) is 0 Å². The van der Waals surface area contributed by atoms with Gasteiger partial charge in [-0.2, -0.15) is 0 Å². The number of aromatic nitrogens is 3. The van der Waals surface area contributed by atoms with Crippen LogP contribution < -0.4 is 4.74 Å². The number of carbonyl (C=O) groups is 1. The van der Waals surface area contributed by atoms with Crippen molar-refractivity contribution >= 4 is 33.3 Å². The molecular weight excluding hydrogens is 361 g/mol. The first kappa shape index (κ1) is 15.8. The van der Waals surface area contributed by atoms with E-state index in [9.17, 15) is 4.79 Å². The van der Waals surface area contributed by atoms with Gasteiger partial charge in [0.2, 0.25) is 0 Å². The summed E-state index contributed by atoms with van der Waals surface area (Å²) in [6, 6.07) is 7.41. The number of nitrogens with zero attached hydrogens (tertiary/aromatic N) is 3. The molecule has 8 heteroatoms. The van der Waals surface area contributed by atoms with Gasteiger partial charge in [-0.05, 0) is 0 Å². The molecule has 0 aliphatic carbocycles.